The van der Waals surface area contributed by atoms with Crippen LogP contribution >= 0.6 is 11.3 Å². The van der Waals surface area contributed by atoms with E-state index in [0.717, 1.165) is 11.3 Å². The first kappa shape index (κ1) is 17.8. The first-order valence-corrected chi connectivity index (χ1v) is 9.50. The minimum absolute atomic E-state index is 0.0954. The molecule has 0 unspecified atom stereocenters. The monoisotopic (exact) mass is 388 g/mol. The molecule has 1 aromatic carbocycles. The van der Waals surface area contributed by atoms with Crippen LogP contribution in [-0.4, -0.2) is 26.3 Å². The Balaban J connectivity index is 1.74. The zero-order valence-electron chi connectivity index (χ0n) is 15.0. The van der Waals surface area contributed by atoms with Crippen LogP contribution in [0.4, 0.5) is 5.69 Å². The van der Waals surface area contributed by atoms with Gasteiger partial charge >= 0.3 is 0 Å². The lowest BCUT2D eigenvalue weighted by atomic mass is 10.1. The summed E-state index contributed by atoms with van der Waals surface area (Å²) in [6.07, 6.45) is 6.35. The Morgan fingerprint density at radius 3 is 2.86 bits per heavy atom. The van der Waals surface area contributed by atoms with Gasteiger partial charge in [-0.15, -0.1) is 11.3 Å². The number of ketones is 1. The molecule has 0 spiro atoms. The fraction of sp³-hybridized carbons (Fsp3) is 0.0476. The lowest BCUT2D eigenvalue weighted by Crippen LogP contribution is -2.07. The summed E-state index contributed by atoms with van der Waals surface area (Å²) in [6, 6.07) is 12.9. The Kier molecular flexibility index (Phi) is 4.82. The van der Waals surface area contributed by atoms with Gasteiger partial charge in [0.05, 0.1) is 22.3 Å². The summed E-state index contributed by atoms with van der Waals surface area (Å²) in [5, 5.41) is 9.07. The highest BCUT2D eigenvalue weighted by molar-refractivity contribution is 7.12. The fourth-order valence-electron chi connectivity index (χ4n) is 2.90. The molecule has 0 atom stereocenters. The molecular weight excluding hydrogens is 372 g/mol. The second kappa shape index (κ2) is 7.58. The van der Waals surface area contributed by atoms with Crippen LogP contribution in [0.25, 0.3) is 16.9 Å². The van der Waals surface area contributed by atoms with Gasteiger partial charge < -0.3 is 5.32 Å². The zero-order valence-corrected chi connectivity index (χ0v) is 15.8. The van der Waals surface area contributed by atoms with Crippen molar-refractivity contribution in [2.75, 3.05) is 5.32 Å². The zero-order chi connectivity index (χ0) is 19.5. The number of carbonyl (C=O) groups excluding carboxylic acids is 2. The first-order valence-electron chi connectivity index (χ1n) is 8.62. The highest BCUT2D eigenvalue weighted by Gasteiger charge is 2.18. The maximum absolute atomic E-state index is 12.7. The van der Waals surface area contributed by atoms with Crippen molar-refractivity contribution < 1.29 is 9.59 Å². The van der Waals surface area contributed by atoms with Gasteiger partial charge in [-0.25, -0.2) is 9.50 Å². The molecule has 0 aliphatic carbocycles. The molecule has 6 nitrogen and oxygen atoms in total. The van der Waals surface area contributed by atoms with E-state index in [4.69, 9.17) is 0 Å². The number of nitrogens with zero attached hydrogens (tertiary/aromatic N) is 3. The Labute approximate surface area is 165 Å². The van der Waals surface area contributed by atoms with Crippen LogP contribution in [0, 0.1) is 0 Å². The highest BCUT2D eigenvalue weighted by atomic mass is 32.1. The number of thiophene rings is 1. The molecule has 0 radical (unpaired) electrons. The second-order valence-corrected chi connectivity index (χ2v) is 6.95. The largest absolute Gasteiger partial charge is 0.323 e. The standard InChI is InChI=1S/C21H16N4O2S/c1-2-5-19(26)24-15-7-3-6-14(12-15)17-9-10-22-21-16(13-23-25(17)21)20(27)18-8-4-11-28-18/h2-13H,1H3,(H,24,26). The molecule has 0 aliphatic rings. The number of anilines is 1. The van der Waals surface area contributed by atoms with Crippen molar-refractivity contribution in [3.8, 4) is 11.3 Å². The van der Waals surface area contributed by atoms with Crippen LogP contribution in [0.1, 0.15) is 22.2 Å². The molecule has 0 bridgehead atoms. The summed E-state index contributed by atoms with van der Waals surface area (Å²) in [5.74, 6) is -0.288. The van der Waals surface area contributed by atoms with Crippen LogP contribution in [-0.2, 0) is 4.79 Å². The Bertz CT molecular complexity index is 1190. The van der Waals surface area contributed by atoms with Crippen molar-refractivity contribution in [3.63, 3.8) is 0 Å². The van der Waals surface area contributed by atoms with Gasteiger partial charge in [0.25, 0.3) is 0 Å². The number of hydrogen-bond acceptors (Lipinski definition) is 5. The molecule has 138 valence electrons. The summed E-state index contributed by atoms with van der Waals surface area (Å²) in [5.41, 5.74) is 3.26. The Morgan fingerprint density at radius 2 is 2.07 bits per heavy atom. The maximum Gasteiger partial charge on any atom is 0.248 e. The lowest BCUT2D eigenvalue weighted by molar-refractivity contribution is -0.111. The summed E-state index contributed by atoms with van der Waals surface area (Å²) >= 11 is 1.39. The third kappa shape index (κ3) is 3.35. The normalized spacial score (nSPS) is 11.2. The predicted molar refractivity (Wildman–Crippen MR) is 110 cm³/mol. The number of carbonyl (C=O) groups is 2. The van der Waals surface area contributed by atoms with Crippen molar-refractivity contribution in [1.29, 1.82) is 0 Å². The van der Waals surface area contributed by atoms with E-state index < -0.39 is 0 Å². The number of aromatic nitrogens is 3. The molecule has 0 saturated heterocycles. The van der Waals surface area contributed by atoms with Gasteiger partial charge in [-0.2, -0.15) is 5.10 Å². The molecular formula is C21H16N4O2S. The van der Waals surface area contributed by atoms with E-state index in [9.17, 15) is 9.59 Å². The summed E-state index contributed by atoms with van der Waals surface area (Å²) in [6.45, 7) is 1.79. The van der Waals surface area contributed by atoms with E-state index in [1.54, 1.807) is 36.0 Å². The lowest BCUT2D eigenvalue weighted by Gasteiger charge is -2.08. The van der Waals surface area contributed by atoms with E-state index in [2.05, 4.69) is 15.4 Å². The predicted octanol–water partition coefficient (Wildman–Crippen LogP) is 4.20. The molecule has 1 N–H and O–H groups in total. The highest BCUT2D eigenvalue weighted by Crippen LogP contribution is 2.25. The van der Waals surface area contributed by atoms with Gasteiger partial charge in [-0.05, 0) is 42.6 Å². The van der Waals surface area contributed by atoms with Crippen LogP contribution in [0.15, 0.2) is 72.4 Å². The minimum Gasteiger partial charge on any atom is -0.323 e. The molecule has 3 heterocycles. The summed E-state index contributed by atoms with van der Waals surface area (Å²) in [7, 11) is 0. The fourth-order valence-corrected chi connectivity index (χ4v) is 3.58. The van der Waals surface area contributed by atoms with Crippen LogP contribution in [0.2, 0.25) is 0 Å². The van der Waals surface area contributed by atoms with E-state index >= 15 is 0 Å². The number of allylic oxidation sites excluding steroid dienone is 1. The maximum atomic E-state index is 12.7. The molecule has 1 amide bonds. The van der Waals surface area contributed by atoms with Crippen molar-refractivity contribution in [2.45, 2.75) is 6.92 Å². The molecule has 0 saturated carbocycles. The average molecular weight is 388 g/mol. The first-order chi connectivity index (χ1) is 13.7. The smallest absolute Gasteiger partial charge is 0.248 e. The molecule has 4 aromatic rings. The second-order valence-electron chi connectivity index (χ2n) is 6.00. The molecule has 7 heteroatoms. The van der Waals surface area contributed by atoms with Crippen molar-refractivity contribution in [1.82, 2.24) is 14.6 Å². The van der Waals surface area contributed by atoms with Gasteiger partial charge in [0.2, 0.25) is 11.7 Å². The number of benzene rings is 1. The minimum atomic E-state index is -0.192. The van der Waals surface area contributed by atoms with E-state index in [1.807, 2.05) is 41.8 Å². The van der Waals surface area contributed by atoms with Crippen molar-refractivity contribution in [2.24, 2.45) is 0 Å². The number of hydrogen-bond donors (Lipinski definition) is 1. The van der Waals surface area contributed by atoms with Gasteiger partial charge in [-0.1, -0.05) is 24.3 Å². The van der Waals surface area contributed by atoms with E-state index in [0.29, 0.717) is 21.8 Å². The van der Waals surface area contributed by atoms with E-state index in [1.165, 1.54) is 17.4 Å². The third-order valence-corrected chi connectivity index (χ3v) is 5.00. The Hall–Kier alpha value is -3.58. The van der Waals surface area contributed by atoms with Gasteiger partial charge in [0.1, 0.15) is 0 Å². The summed E-state index contributed by atoms with van der Waals surface area (Å²) in [4.78, 5) is 29.5. The van der Waals surface area contributed by atoms with Crippen molar-refractivity contribution >= 4 is 34.4 Å². The molecule has 0 aliphatic heterocycles. The number of amides is 1. The topological polar surface area (TPSA) is 76.4 Å². The van der Waals surface area contributed by atoms with Crippen LogP contribution < -0.4 is 5.32 Å². The van der Waals surface area contributed by atoms with Crippen LogP contribution in [0.3, 0.4) is 0 Å². The SMILES string of the molecule is CC=CC(=O)Nc1cccc(-c2ccnc3c(C(=O)c4cccs4)cnn23)c1. The van der Waals surface area contributed by atoms with Crippen molar-refractivity contribution in [3.05, 3.63) is 82.8 Å². The molecule has 28 heavy (non-hydrogen) atoms. The van der Waals surface area contributed by atoms with E-state index in [-0.39, 0.29) is 11.7 Å². The third-order valence-electron chi connectivity index (χ3n) is 4.13. The van der Waals surface area contributed by atoms with Crippen LogP contribution in [0.5, 0.6) is 0 Å². The molecule has 4 rings (SSSR count). The average Bonchev–Trinajstić information content (AvgIpc) is 3.38. The number of fused-ring (bicyclic) bond motifs is 1. The Morgan fingerprint density at radius 1 is 1.18 bits per heavy atom. The number of nitrogens with one attached hydrogen (secondary N) is 1. The van der Waals surface area contributed by atoms with Gasteiger partial charge in [0, 0.05) is 17.4 Å². The number of rotatable bonds is 5. The quantitative estimate of drug-likeness (QED) is 0.411. The van der Waals surface area contributed by atoms with Gasteiger partial charge in [0.15, 0.2) is 5.65 Å². The van der Waals surface area contributed by atoms with Gasteiger partial charge in [-0.3, -0.25) is 9.59 Å². The molecule has 0 fully saturated rings. The summed E-state index contributed by atoms with van der Waals surface area (Å²) < 4.78 is 1.65. The molecule has 3 aromatic heterocycles.